The van der Waals surface area contributed by atoms with Gasteiger partial charge in [0.2, 0.25) is 0 Å². The standard InChI is InChI=1S/C15H25NOS/c1-5-10-16-13(12(2)3)11-18-15-9-7-6-8-14(15)17-4/h6-9,12-13,16H,5,10-11H2,1-4H3. The maximum Gasteiger partial charge on any atom is 0.132 e. The Balaban J connectivity index is 2.55. The second kappa shape index (κ2) is 8.44. The average Bonchev–Trinajstić information content (AvgIpc) is 2.38. The molecule has 0 heterocycles. The van der Waals surface area contributed by atoms with Gasteiger partial charge in [0.15, 0.2) is 0 Å². The predicted octanol–water partition coefficient (Wildman–Crippen LogP) is 3.81. The average molecular weight is 267 g/mol. The summed E-state index contributed by atoms with van der Waals surface area (Å²) in [5.41, 5.74) is 0. The molecule has 0 bridgehead atoms. The van der Waals surface area contributed by atoms with Crippen molar-refractivity contribution in [3.63, 3.8) is 0 Å². The lowest BCUT2D eigenvalue weighted by Gasteiger charge is -2.22. The molecule has 0 saturated heterocycles. The molecule has 1 atom stereocenters. The van der Waals surface area contributed by atoms with E-state index in [1.165, 1.54) is 11.3 Å². The van der Waals surface area contributed by atoms with Crippen LogP contribution in [0, 0.1) is 5.92 Å². The van der Waals surface area contributed by atoms with Crippen molar-refractivity contribution in [2.24, 2.45) is 5.92 Å². The zero-order chi connectivity index (χ0) is 13.4. The van der Waals surface area contributed by atoms with Gasteiger partial charge < -0.3 is 10.1 Å². The highest BCUT2D eigenvalue weighted by atomic mass is 32.2. The fourth-order valence-corrected chi connectivity index (χ4v) is 3.06. The number of rotatable bonds is 8. The molecule has 102 valence electrons. The highest BCUT2D eigenvalue weighted by Gasteiger charge is 2.13. The van der Waals surface area contributed by atoms with Crippen molar-refractivity contribution < 1.29 is 4.74 Å². The maximum atomic E-state index is 5.38. The molecule has 3 heteroatoms. The Morgan fingerprint density at radius 2 is 2.00 bits per heavy atom. The van der Waals surface area contributed by atoms with Crippen molar-refractivity contribution in [2.45, 2.75) is 38.1 Å². The van der Waals surface area contributed by atoms with E-state index in [0.29, 0.717) is 12.0 Å². The largest absolute Gasteiger partial charge is 0.496 e. The smallest absolute Gasteiger partial charge is 0.132 e. The van der Waals surface area contributed by atoms with E-state index in [1.807, 2.05) is 23.9 Å². The summed E-state index contributed by atoms with van der Waals surface area (Å²) in [6, 6.07) is 8.78. The number of hydrogen-bond acceptors (Lipinski definition) is 3. The Morgan fingerprint density at radius 1 is 1.28 bits per heavy atom. The van der Waals surface area contributed by atoms with Gasteiger partial charge in [0.1, 0.15) is 5.75 Å². The summed E-state index contributed by atoms with van der Waals surface area (Å²) < 4.78 is 5.38. The third-order valence-electron chi connectivity index (χ3n) is 2.95. The Bertz CT molecular complexity index is 341. The molecule has 1 aromatic rings. The summed E-state index contributed by atoms with van der Waals surface area (Å²) >= 11 is 1.87. The highest BCUT2D eigenvalue weighted by molar-refractivity contribution is 7.99. The first kappa shape index (κ1) is 15.4. The summed E-state index contributed by atoms with van der Waals surface area (Å²) in [6.45, 7) is 7.85. The molecule has 0 amide bonds. The van der Waals surface area contributed by atoms with Crippen LogP contribution in [0.1, 0.15) is 27.2 Å². The van der Waals surface area contributed by atoms with Crippen LogP contribution in [0.4, 0.5) is 0 Å². The maximum absolute atomic E-state index is 5.38. The molecule has 1 unspecified atom stereocenters. The SMILES string of the molecule is CCCNC(CSc1ccccc1OC)C(C)C. The predicted molar refractivity (Wildman–Crippen MR) is 80.6 cm³/mol. The van der Waals surface area contributed by atoms with Crippen LogP contribution in [0.5, 0.6) is 5.75 Å². The van der Waals surface area contributed by atoms with Crippen molar-refractivity contribution in [3.8, 4) is 5.75 Å². The van der Waals surface area contributed by atoms with Gasteiger partial charge in [0, 0.05) is 16.7 Å². The molecule has 0 aliphatic rings. The molecule has 0 aliphatic heterocycles. The van der Waals surface area contributed by atoms with Crippen molar-refractivity contribution in [2.75, 3.05) is 19.4 Å². The lowest BCUT2D eigenvalue weighted by molar-refractivity contribution is 0.404. The van der Waals surface area contributed by atoms with Crippen molar-refractivity contribution in [1.82, 2.24) is 5.32 Å². The van der Waals surface area contributed by atoms with Gasteiger partial charge in [-0.2, -0.15) is 0 Å². The molecule has 0 saturated carbocycles. The van der Waals surface area contributed by atoms with Crippen molar-refractivity contribution >= 4 is 11.8 Å². The number of thioether (sulfide) groups is 1. The van der Waals surface area contributed by atoms with Crippen molar-refractivity contribution in [3.05, 3.63) is 24.3 Å². The van der Waals surface area contributed by atoms with E-state index in [0.717, 1.165) is 18.0 Å². The van der Waals surface area contributed by atoms with Crippen LogP contribution in [0.2, 0.25) is 0 Å². The lowest BCUT2D eigenvalue weighted by atomic mass is 10.1. The topological polar surface area (TPSA) is 21.3 Å². The van der Waals surface area contributed by atoms with E-state index in [-0.39, 0.29) is 0 Å². The minimum atomic E-state index is 0.555. The van der Waals surface area contributed by atoms with E-state index < -0.39 is 0 Å². The molecular formula is C15H25NOS. The summed E-state index contributed by atoms with van der Waals surface area (Å²) in [4.78, 5) is 1.23. The van der Waals surface area contributed by atoms with Gasteiger partial charge in [-0.05, 0) is 31.0 Å². The number of ether oxygens (including phenoxy) is 1. The lowest BCUT2D eigenvalue weighted by Crippen LogP contribution is -2.36. The molecule has 2 nitrogen and oxygen atoms in total. The molecule has 1 N–H and O–H groups in total. The fraction of sp³-hybridized carbons (Fsp3) is 0.600. The minimum Gasteiger partial charge on any atom is -0.496 e. The summed E-state index contributed by atoms with van der Waals surface area (Å²) in [5, 5.41) is 3.61. The normalized spacial score (nSPS) is 12.7. The van der Waals surface area contributed by atoms with Crippen LogP contribution in [0.25, 0.3) is 0 Å². The molecule has 0 aliphatic carbocycles. The molecule has 1 aromatic carbocycles. The van der Waals surface area contributed by atoms with Gasteiger partial charge in [-0.1, -0.05) is 32.9 Å². The monoisotopic (exact) mass is 267 g/mol. The Morgan fingerprint density at radius 3 is 2.61 bits per heavy atom. The van der Waals surface area contributed by atoms with Crippen LogP contribution < -0.4 is 10.1 Å². The van der Waals surface area contributed by atoms with Crippen LogP contribution >= 0.6 is 11.8 Å². The van der Waals surface area contributed by atoms with Gasteiger partial charge >= 0.3 is 0 Å². The van der Waals surface area contributed by atoms with E-state index in [4.69, 9.17) is 4.74 Å². The second-order valence-corrected chi connectivity index (χ2v) is 5.83. The van der Waals surface area contributed by atoms with Gasteiger partial charge in [-0.3, -0.25) is 0 Å². The summed E-state index contributed by atoms with van der Waals surface area (Å²) in [7, 11) is 1.73. The van der Waals surface area contributed by atoms with E-state index in [2.05, 4.69) is 38.2 Å². The minimum absolute atomic E-state index is 0.555. The van der Waals surface area contributed by atoms with E-state index in [1.54, 1.807) is 7.11 Å². The summed E-state index contributed by atoms with van der Waals surface area (Å²) in [6.07, 6.45) is 1.18. The van der Waals surface area contributed by atoms with Gasteiger partial charge in [-0.15, -0.1) is 11.8 Å². The molecule has 0 radical (unpaired) electrons. The van der Waals surface area contributed by atoms with Crippen LogP contribution in [0.15, 0.2) is 29.2 Å². The number of hydrogen-bond donors (Lipinski definition) is 1. The number of methoxy groups -OCH3 is 1. The number of para-hydroxylation sites is 1. The first-order valence-electron chi connectivity index (χ1n) is 6.68. The number of nitrogens with one attached hydrogen (secondary N) is 1. The molecule has 0 spiro atoms. The van der Waals surface area contributed by atoms with Gasteiger partial charge in [-0.25, -0.2) is 0 Å². The zero-order valence-corrected chi connectivity index (χ0v) is 12.7. The van der Waals surface area contributed by atoms with Crippen LogP contribution in [-0.4, -0.2) is 25.4 Å². The Hall–Kier alpha value is -0.670. The van der Waals surface area contributed by atoms with E-state index in [9.17, 15) is 0 Å². The second-order valence-electron chi connectivity index (χ2n) is 4.77. The third-order valence-corrected chi connectivity index (χ3v) is 4.12. The van der Waals surface area contributed by atoms with Crippen LogP contribution in [-0.2, 0) is 0 Å². The quantitative estimate of drug-likeness (QED) is 0.724. The Labute approximate surface area is 116 Å². The van der Waals surface area contributed by atoms with Gasteiger partial charge in [0.25, 0.3) is 0 Å². The fourth-order valence-electron chi connectivity index (χ4n) is 1.73. The Kier molecular flexibility index (Phi) is 7.21. The summed E-state index contributed by atoms with van der Waals surface area (Å²) in [5.74, 6) is 2.71. The van der Waals surface area contributed by atoms with Gasteiger partial charge in [0.05, 0.1) is 7.11 Å². The zero-order valence-electron chi connectivity index (χ0n) is 11.9. The number of benzene rings is 1. The highest BCUT2D eigenvalue weighted by Crippen LogP contribution is 2.29. The molecule has 18 heavy (non-hydrogen) atoms. The van der Waals surface area contributed by atoms with E-state index >= 15 is 0 Å². The molecular weight excluding hydrogens is 242 g/mol. The first-order chi connectivity index (χ1) is 8.69. The molecule has 1 rings (SSSR count). The first-order valence-corrected chi connectivity index (χ1v) is 7.66. The molecule has 0 fully saturated rings. The van der Waals surface area contributed by atoms with Crippen molar-refractivity contribution in [1.29, 1.82) is 0 Å². The van der Waals surface area contributed by atoms with Crippen LogP contribution in [0.3, 0.4) is 0 Å². The third kappa shape index (κ3) is 4.91. The molecule has 0 aromatic heterocycles.